The molecule has 0 aromatic heterocycles. The number of halogens is 3. The molecular formula is C27H28Cl2FN3O4S. The van der Waals surface area contributed by atoms with Gasteiger partial charge in [-0.2, -0.15) is 0 Å². The molecule has 1 atom stereocenters. The van der Waals surface area contributed by atoms with E-state index in [0.29, 0.717) is 5.56 Å². The molecule has 7 nitrogen and oxygen atoms in total. The Morgan fingerprint density at radius 3 is 2.13 bits per heavy atom. The van der Waals surface area contributed by atoms with Gasteiger partial charge in [0, 0.05) is 12.6 Å². The van der Waals surface area contributed by atoms with E-state index in [-0.39, 0.29) is 33.2 Å². The van der Waals surface area contributed by atoms with Crippen LogP contribution in [0.2, 0.25) is 10.0 Å². The molecule has 0 saturated carbocycles. The van der Waals surface area contributed by atoms with Gasteiger partial charge in [-0.25, -0.2) is 12.8 Å². The Hall–Kier alpha value is -3.14. The second-order valence-electron chi connectivity index (χ2n) is 8.91. The summed E-state index contributed by atoms with van der Waals surface area (Å²) in [4.78, 5) is 27.9. The SMILES string of the molecule is CC(C)NC(=O)[C@@H](C)N(Cc1ccc(F)cc1)C(=O)CN(c1ccc(Cl)c(Cl)c1)S(=O)(=O)c1ccccc1. The molecule has 0 fully saturated rings. The molecule has 0 spiro atoms. The van der Waals surface area contributed by atoms with E-state index < -0.39 is 40.2 Å². The molecule has 2 amide bonds. The molecule has 0 saturated heterocycles. The molecule has 0 aliphatic carbocycles. The third-order valence-electron chi connectivity index (χ3n) is 5.67. The van der Waals surface area contributed by atoms with Crippen LogP contribution in [-0.4, -0.2) is 43.8 Å². The zero-order valence-electron chi connectivity index (χ0n) is 21.1. The fraction of sp³-hybridized carbons (Fsp3) is 0.259. The predicted octanol–water partition coefficient (Wildman–Crippen LogP) is 5.27. The number of sulfonamides is 1. The number of rotatable bonds is 10. The van der Waals surface area contributed by atoms with E-state index >= 15 is 0 Å². The van der Waals surface area contributed by atoms with Crippen molar-refractivity contribution in [2.75, 3.05) is 10.8 Å². The first kappa shape index (κ1) is 29.4. The number of nitrogens with one attached hydrogen (secondary N) is 1. The van der Waals surface area contributed by atoms with Crippen molar-refractivity contribution in [1.29, 1.82) is 0 Å². The Bertz CT molecular complexity index is 1390. The molecular weight excluding hydrogens is 552 g/mol. The van der Waals surface area contributed by atoms with E-state index in [1.54, 1.807) is 39.0 Å². The number of carbonyl (C=O) groups is 2. The van der Waals surface area contributed by atoms with Crippen LogP contribution in [0.5, 0.6) is 0 Å². The first-order valence-corrected chi connectivity index (χ1v) is 14.0. The lowest BCUT2D eigenvalue weighted by molar-refractivity contribution is -0.139. The highest BCUT2D eigenvalue weighted by atomic mass is 35.5. The standard InChI is InChI=1S/C27H28Cl2FN3O4S/c1-18(2)31-27(35)19(3)32(16-20-9-11-21(30)12-10-20)26(34)17-33(22-13-14-24(28)25(29)15-22)38(36,37)23-7-5-4-6-8-23/h4-15,18-19H,16-17H2,1-3H3,(H,31,35)/t19-/m1/s1. The molecule has 202 valence electrons. The number of nitrogens with zero attached hydrogens (tertiary/aromatic N) is 2. The molecule has 3 rings (SSSR count). The van der Waals surface area contributed by atoms with Crippen molar-refractivity contribution in [2.24, 2.45) is 0 Å². The number of anilines is 1. The topological polar surface area (TPSA) is 86.8 Å². The van der Waals surface area contributed by atoms with Gasteiger partial charge in [-0.15, -0.1) is 0 Å². The maximum Gasteiger partial charge on any atom is 0.264 e. The van der Waals surface area contributed by atoms with Crippen molar-refractivity contribution in [1.82, 2.24) is 10.2 Å². The Morgan fingerprint density at radius 2 is 1.55 bits per heavy atom. The maximum absolute atomic E-state index is 13.8. The first-order chi connectivity index (χ1) is 17.9. The summed E-state index contributed by atoms with van der Waals surface area (Å²) in [6.45, 7) is 4.45. The summed E-state index contributed by atoms with van der Waals surface area (Å²) in [6, 6.07) is 16.2. The molecule has 11 heteroatoms. The van der Waals surface area contributed by atoms with E-state index in [9.17, 15) is 22.4 Å². The predicted molar refractivity (Wildman–Crippen MR) is 147 cm³/mol. The van der Waals surface area contributed by atoms with Gasteiger partial charge in [0.2, 0.25) is 11.8 Å². The van der Waals surface area contributed by atoms with Gasteiger partial charge in [0.05, 0.1) is 20.6 Å². The van der Waals surface area contributed by atoms with Crippen molar-refractivity contribution in [3.8, 4) is 0 Å². The molecule has 0 heterocycles. The molecule has 3 aromatic rings. The number of hydrogen-bond donors (Lipinski definition) is 1. The second-order valence-corrected chi connectivity index (χ2v) is 11.6. The Labute approximate surface area is 232 Å². The van der Waals surface area contributed by atoms with Gasteiger partial charge in [-0.1, -0.05) is 53.5 Å². The van der Waals surface area contributed by atoms with Crippen molar-refractivity contribution in [3.05, 3.63) is 94.2 Å². The average Bonchev–Trinajstić information content (AvgIpc) is 2.88. The molecule has 0 aliphatic rings. The van der Waals surface area contributed by atoms with Crippen LogP contribution >= 0.6 is 23.2 Å². The van der Waals surface area contributed by atoms with E-state index in [0.717, 1.165) is 4.31 Å². The quantitative estimate of drug-likeness (QED) is 0.354. The Morgan fingerprint density at radius 1 is 0.921 bits per heavy atom. The number of benzene rings is 3. The van der Waals surface area contributed by atoms with Crippen molar-refractivity contribution >= 4 is 50.7 Å². The third kappa shape index (κ3) is 7.24. The highest BCUT2D eigenvalue weighted by Crippen LogP contribution is 2.31. The largest absolute Gasteiger partial charge is 0.352 e. The molecule has 0 unspecified atom stereocenters. The maximum atomic E-state index is 13.8. The fourth-order valence-electron chi connectivity index (χ4n) is 3.66. The van der Waals surface area contributed by atoms with Crippen LogP contribution in [0.15, 0.2) is 77.7 Å². The van der Waals surface area contributed by atoms with Gasteiger partial charge >= 0.3 is 0 Å². The summed E-state index contributed by atoms with van der Waals surface area (Å²) in [5, 5.41) is 3.10. The summed E-state index contributed by atoms with van der Waals surface area (Å²) >= 11 is 12.2. The minimum atomic E-state index is -4.22. The molecule has 38 heavy (non-hydrogen) atoms. The lowest BCUT2D eigenvalue weighted by Gasteiger charge is -2.32. The molecule has 0 aliphatic heterocycles. The van der Waals surface area contributed by atoms with Crippen LogP contribution in [0.1, 0.15) is 26.3 Å². The van der Waals surface area contributed by atoms with Crippen LogP contribution in [-0.2, 0) is 26.2 Å². The zero-order valence-corrected chi connectivity index (χ0v) is 23.4. The van der Waals surface area contributed by atoms with Crippen molar-refractivity contribution in [3.63, 3.8) is 0 Å². The third-order valence-corrected chi connectivity index (χ3v) is 8.19. The van der Waals surface area contributed by atoms with Gasteiger partial charge in [-0.05, 0) is 68.8 Å². The van der Waals surface area contributed by atoms with Gasteiger partial charge in [-0.3, -0.25) is 13.9 Å². The molecule has 0 bridgehead atoms. The van der Waals surface area contributed by atoms with Crippen LogP contribution < -0.4 is 9.62 Å². The Kier molecular flexibility index (Phi) is 9.76. The highest BCUT2D eigenvalue weighted by Gasteiger charge is 2.32. The second kappa shape index (κ2) is 12.6. The summed E-state index contributed by atoms with van der Waals surface area (Å²) in [7, 11) is -4.22. The van der Waals surface area contributed by atoms with Crippen molar-refractivity contribution < 1.29 is 22.4 Å². The summed E-state index contributed by atoms with van der Waals surface area (Å²) in [5.41, 5.74) is 0.688. The van der Waals surface area contributed by atoms with E-state index in [1.165, 1.54) is 59.5 Å². The normalized spacial score (nSPS) is 12.2. The fourth-order valence-corrected chi connectivity index (χ4v) is 5.38. The van der Waals surface area contributed by atoms with Gasteiger partial charge in [0.15, 0.2) is 0 Å². The van der Waals surface area contributed by atoms with Gasteiger partial charge in [0.1, 0.15) is 18.4 Å². The van der Waals surface area contributed by atoms with Gasteiger partial charge in [0.25, 0.3) is 10.0 Å². The van der Waals surface area contributed by atoms with Crippen LogP contribution in [0, 0.1) is 5.82 Å². The smallest absolute Gasteiger partial charge is 0.264 e. The van der Waals surface area contributed by atoms with Crippen molar-refractivity contribution in [2.45, 2.75) is 44.3 Å². The summed E-state index contributed by atoms with van der Waals surface area (Å²) in [6.07, 6.45) is 0. The van der Waals surface area contributed by atoms with Crippen LogP contribution in [0.25, 0.3) is 0 Å². The average molecular weight is 581 g/mol. The number of amides is 2. The lowest BCUT2D eigenvalue weighted by atomic mass is 10.1. The Balaban J connectivity index is 2.04. The van der Waals surface area contributed by atoms with Gasteiger partial charge < -0.3 is 10.2 Å². The molecule has 0 radical (unpaired) electrons. The zero-order chi connectivity index (χ0) is 28.0. The van der Waals surface area contributed by atoms with E-state index in [4.69, 9.17) is 23.2 Å². The number of hydrogen-bond acceptors (Lipinski definition) is 4. The molecule has 1 N–H and O–H groups in total. The first-order valence-electron chi connectivity index (χ1n) is 11.8. The minimum Gasteiger partial charge on any atom is -0.352 e. The summed E-state index contributed by atoms with van der Waals surface area (Å²) in [5.74, 6) is -1.51. The minimum absolute atomic E-state index is 0.0328. The summed E-state index contributed by atoms with van der Waals surface area (Å²) < 4.78 is 41.8. The van der Waals surface area contributed by atoms with E-state index in [2.05, 4.69) is 5.32 Å². The number of carbonyl (C=O) groups excluding carboxylic acids is 2. The van der Waals surface area contributed by atoms with Crippen LogP contribution in [0.3, 0.4) is 0 Å². The monoisotopic (exact) mass is 579 g/mol. The van der Waals surface area contributed by atoms with E-state index in [1.807, 2.05) is 0 Å². The molecule has 3 aromatic carbocycles. The van der Waals surface area contributed by atoms with Crippen LogP contribution in [0.4, 0.5) is 10.1 Å². The highest BCUT2D eigenvalue weighted by molar-refractivity contribution is 7.92. The lowest BCUT2D eigenvalue weighted by Crippen LogP contribution is -2.52.